The van der Waals surface area contributed by atoms with Gasteiger partial charge in [-0.3, -0.25) is 0 Å². The fraction of sp³-hybridized carbons (Fsp3) is 0.375. The highest BCUT2D eigenvalue weighted by Gasteiger charge is 2.33. The van der Waals surface area contributed by atoms with Gasteiger partial charge < -0.3 is 15.5 Å². The number of rotatable bonds is 7. The fourth-order valence-electron chi connectivity index (χ4n) is 2.10. The molecule has 0 fully saturated rings. The Balaban J connectivity index is 2.04. The molecular formula is C16H19ClF3N5. The van der Waals surface area contributed by atoms with Gasteiger partial charge in [0.1, 0.15) is 18.0 Å². The third-order valence-electron chi connectivity index (χ3n) is 3.30. The van der Waals surface area contributed by atoms with Crippen LogP contribution in [0.4, 0.5) is 30.5 Å². The molecule has 2 N–H and O–H groups in total. The number of anilines is 3. The van der Waals surface area contributed by atoms with Gasteiger partial charge in [-0.15, -0.1) is 0 Å². The molecule has 0 amide bonds. The number of halogens is 4. The number of aromatic nitrogens is 2. The zero-order chi connectivity index (χ0) is 18.4. The van der Waals surface area contributed by atoms with Gasteiger partial charge in [0.05, 0.1) is 10.6 Å². The smallest absolute Gasteiger partial charge is 0.370 e. The zero-order valence-corrected chi connectivity index (χ0v) is 14.6. The summed E-state index contributed by atoms with van der Waals surface area (Å²) in [6, 6.07) is 5.25. The van der Waals surface area contributed by atoms with E-state index in [1.165, 1.54) is 18.5 Å². The minimum atomic E-state index is -4.51. The topological polar surface area (TPSA) is 53.1 Å². The van der Waals surface area contributed by atoms with Crippen molar-refractivity contribution in [1.82, 2.24) is 14.9 Å². The Morgan fingerprint density at radius 2 is 1.84 bits per heavy atom. The summed E-state index contributed by atoms with van der Waals surface area (Å²) >= 11 is 5.62. The first-order valence-electron chi connectivity index (χ1n) is 7.60. The molecule has 25 heavy (non-hydrogen) atoms. The van der Waals surface area contributed by atoms with Crippen LogP contribution in [0.25, 0.3) is 0 Å². The maximum absolute atomic E-state index is 12.9. The normalized spacial score (nSPS) is 11.6. The molecule has 1 aromatic carbocycles. The Kier molecular flexibility index (Phi) is 6.44. The van der Waals surface area contributed by atoms with Gasteiger partial charge in [-0.05, 0) is 45.3 Å². The molecule has 136 valence electrons. The molecule has 2 aromatic rings. The van der Waals surface area contributed by atoms with E-state index in [4.69, 9.17) is 11.6 Å². The molecule has 0 unspecified atom stereocenters. The molecule has 5 nitrogen and oxygen atoms in total. The third-order valence-corrected chi connectivity index (χ3v) is 3.63. The summed E-state index contributed by atoms with van der Waals surface area (Å²) in [5, 5.41) is 5.64. The molecular weight excluding hydrogens is 355 g/mol. The molecule has 0 aliphatic heterocycles. The summed E-state index contributed by atoms with van der Waals surface area (Å²) in [7, 11) is 3.99. The highest BCUT2D eigenvalue weighted by molar-refractivity contribution is 6.31. The molecule has 2 rings (SSSR count). The fourth-order valence-corrected chi connectivity index (χ4v) is 2.33. The quantitative estimate of drug-likeness (QED) is 0.710. The number of hydrogen-bond donors (Lipinski definition) is 2. The number of alkyl halides is 3. The second kappa shape index (κ2) is 8.35. The van der Waals surface area contributed by atoms with Gasteiger partial charge in [-0.1, -0.05) is 11.6 Å². The Hall–Kier alpha value is -2.06. The van der Waals surface area contributed by atoms with Gasteiger partial charge in [0.15, 0.2) is 0 Å². The van der Waals surface area contributed by atoms with E-state index in [-0.39, 0.29) is 10.7 Å². The lowest BCUT2D eigenvalue weighted by Crippen LogP contribution is -2.16. The van der Waals surface area contributed by atoms with Gasteiger partial charge in [0.25, 0.3) is 0 Å². The van der Waals surface area contributed by atoms with E-state index in [1.807, 2.05) is 14.1 Å². The number of benzene rings is 1. The maximum atomic E-state index is 12.9. The van der Waals surface area contributed by atoms with Crippen LogP contribution in [0.1, 0.15) is 12.0 Å². The highest BCUT2D eigenvalue weighted by atomic mass is 35.5. The van der Waals surface area contributed by atoms with E-state index in [9.17, 15) is 13.2 Å². The molecule has 0 radical (unpaired) electrons. The van der Waals surface area contributed by atoms with Crippen LogP contribution in [-0.4, -0.2) is 42.1 Å². The molecule has 0 saturated carbocycles. The van der Waals surface area contributed by atoms with E-state index >= 15 is 0 Å². The first-order valence-corrected chi connectivity index (χ1v) is 7.98. The van der Waals surface area contributed by atoms with Crippen molar-refractivity contribution in [1.29, 1.82) is 0 Å². The number of hydrogen-bond acceptors (Lipinski definition) is 5. The first-order chi connectivity index (χ1) is 11.8. The van der Waals surface area contributed by atoms with Crippen molar-refractivity contribution in [2.75, 3.05) is 37.8 Å². The van der Waals surface area contributed by atoms with E-state index in [1.54, 1.807) is 6.07 Å². The lowest BCUT2D eigenvalue weighted by molar-refractivity contribution is -0.137. The van der Waals surface area contributed by atoms with E-state index in [0.29, 0.717) is 11.6 Å². The van der Waals surface area contributed by atoms with Crippen molar-refractivity contribution >= 4 is 28.9 Å². The summed E-state index contributed by atoms with van der Waals surface area (Å²) in [6.07, 6.45) is -2.23. The van der Waals surface area contributed by atoms with Crippen LogP contribution in [0.2, 0.25) is 5.02 Å². The summed E-state index contributed by atoms with van der Waals surface area (Å²) in [5.41, 5.74) is -0.649. The van der Waals surface area contributed by atoms with Crippen molar-refractivity contribution < 1.29 is 13.2 Å². The largest absolute Gasteiger partial charge is 0.417 e. The minimum Gasteiger partial charge on any atom is -0.370 e. The minimum absolute atomic E-state index is 0.244. The number of nitrogens with one attached hydrogen (secondary N) is 2. The molecule has 0 aliphatic rings. The van der Waals surface area contributed by atoms with Crippen LogP contribution in [0, 0.1) is 0 Å². The van der Waals surface area contributed by atoms with Crippen LogP contribution in [0.15, 0.2) is 30.6 Å². The molecule has 0 saturated heterocycles. The average molecular weight is 374 g/mol. The standard InChI is InChI=1S/C16H19ClF3N5/c1-25(2)7-3-6-21-14-9-15(23-10-22-14)24-11-4-5-13(17)12(8-11)16(18,19)20/h4-5,8-10H,3,6-7H2,1-2H3,(H2,21,22,23,24). The molecule has 9 heteroatoms. The summed E-state index contributed by atoms with van der Waals surface area (Å²) in [6.45, 7) is 1.67. The SMILES string of the molecule is CN(C)CCCNc1cc(Nc2ccc(Cl)c(C(F)(F)F)c2)ncn1. The molecule has 0 aliphatic carbocycles. The monoisotopic (exact) mass is 373 g/mol. The molecule has 0 bridgehead atoms. The maximum Gasteiger partial charge on any atom is 0.417 e. The Morgan fingerprint density at radius 3 is 2.52 bits per heavy atom. The second-order valence-corrected chi connectivity index (χ2v) is 6.10. The van der Waals surface area contributed by atoms with Crippen LogP contribution in [0.5, 0.6) is 0 Å². The summed E-state index contributed by atoms with van der Waals surface area (Å²) in [4.78, 5) is 10.2. The van der Waals surface area contributed by atoms with Crippen molar-refractivity contribution in [3.63, 3.8) is 0 Å². The average Bonchev–Trinajstić information content (AvgIpc) is 2.53. The lowest BCUT2D eigenvalue weighted by Gasteiger charge is -2.13. The first kappa shape index (κ1) is 19.3. The zero-order valence-electron chi connectivity index (χ0n) is 13.9. The van der Waals surface area contributed by atoms with E-state index in [0.717, 1.165) is 25.6 Å². The molecule has 1 aromatic heterocycles. The highest BCUT2D eigenvalue weighted by Crippen LogP contribution is 2.36. The van der Waals surface area contributed by atoms with Crippen LogP contribution >= 0.6 is 11.6 Å². The van der Waals surface area contributed by atoms with Crippen molar-refractivity contribution in [3.8, 4) is 0 Å². The second-order valence-electron chi connectivity index (χ2n) is 5.69. The molecule has 1 heterocycles. The predicted molar refractivity (Wildman–Crippen MR) is 93.4 cm³/mol. The summed E-state index contributed by atoms with van der Waals surface area (Å²) in [5.74, 6) is 0.988. The van der Waals surface area contributed by atoms with Crippen molar-refractivity contribution in [2.45, 2.75) is 12.6 Å². The van der Waals surface area contributed by atoms with Crippen LogP contribution < -0.4 is 10.6 Å². The van der Waals surface area contributed by atoms with Crippen molar-refractivity contribution in [2.24, 2.45) is 0 Å². The predicted octanol–water partition coefficient (Wildman–Crippen LogP) is 4.26. The van der Waals surface area contributed by atoms with Gasteiger partial charge in [-0.25, -0.2) is 9.97 Å². The van der Waals surface area contributed by atoms with E-state index < -0.39 is 11.7 Å². The Bertz CT molecular complexity index is 706. The Morgan fingerprint density at radius 1 is 1.12 bits per heavy atom. The van der Waals surface area contributed by atoms with Crippen LogP contribution in [0.3, 0.4) is 0 Å². The lowest BCUT2D eigenvalue weighted by atomic mass is 10.2. The van der Waals surface area contributed by atoms with Gasteiger partial charge in [0, 0.05) is 18.3 Å². The van der Waals surface area contributed by atoms with Gasteiger partial charge >= 0.3 is 6.18 Å². The third kappa shape index (κ3) is 6.06. The Labute approximate surface area is 149 Å². The van der Waals surface area contributed by atoms with Crippen LogP contribution in [-0.2, 0) is 6.18 Å². The summed E-state index contributed by atoms with van der Waals surface area (Å²) < 4.78 is 38.7. The van der Waals surface area contributed by atoms with E-state index in [2.05, 4.69) is 25.5 Å². The molecule has 0 spiro atoms. The molecule has 0 atom stereocenters. The van der Waals surface area contributed by atoms with Gasteiger partial charge in [-0.2, -0.15) is 13.2 Å². The van der Waals surface area contributed by atoms with Gasteiger partial charge in [0.2, 0.25) is 0 Å². The number of nitrogens with zero attached hydrogens (tertiary/aromatic N) is 3. The van der Waals surface area contributed by atoms with Crippen molar-refractivity contribution in [3.05, 3.63) is 41.2 Å².